The van der Waals surface area contributed by atoms with Crippen molar-refractivity contribution in [2.75, 3.05) is 30.0 Å². The largest absolute Gasteiger partial charge is 0.365 e. The van der Waals surface area contributed by atoms with Crippen molar-refractivity contribution in [3.63, 3.8) is 0 Å². The Morgan fingerprint density at radius 3 is 2.85 bits per heavy atom. The molecule has 3 aliphatic rings. The van der Waals surface area contributed by atoms with E-state index in [-0.39, 0.29) is 12.1 Å². The maximum absolute atomic E-state index is 13.1. The third-order valence-electron chi connectivity index (χ3n) is 5.37. The number of nitro groups is 1. The van der Waals surface area contributed by atoms with E-state index in [0.717, 1.165) is 16.3 Å². The highest BCUT2D eigenvalue weighted by molar-refractivity contribution is 7.99. The monoisotopic (exact) mass is 376 g/mol. The van der Waals surface area contributed by atoms with E-state index in [4.69, 9.17) is 0 Å². The maximum atomic E-state index is 13.1. The molecule has 9 nitrogen and oxygen atoms in total. The van der Waals surface area contributed by atoms with Crippen LogP contribution in [-0.2, 0) is 16.0 Å². The van der Waals surface area contributed by atoms with Gasteiger partial charge in [-0.2, -0.15) is 11.8 Å². The second-order valence-electron chi connectivity index (χ2n) is 6.63. The van der Waals surface area contributed by atoms with Gasteiger partial charge in [-0.05, 0) is 11.6 Å². The number of nitrogens with one attached hydrogen (secondary N) is 1. The number of nitrogens with zero attached hydrogens (tertiary/aromatic N) is 3. The molecule has 3 aliphatic heterocycles. The van der Waals surface area contributed by atoms with Crippen LogP contribution in [0.3, 0.4) is 0 Å². The van der Waals surface area contributed by atoms with Crippen molar-refractivity contribution in [2.45, 2.75) is 12.5 Å². The zero-order chi connectivity index (χ0) is 18.6. The van der Waals surface area contributed by atoms with Crippen LogP contribution in [0.5, 0.6) is 0 Å². The summed E-state index contributed by atoms with van der Waals surface area (Å²) in [6.45, 7) is 0.625. The first-order valence-corrected chi connectivity index (χ1v) is 9.27. The average Bonchev–Trinajstić information content (AvgIpc) is 2.64. The Morgan fingerprint density at radius 1 is 1.35 bits per heavy atom. The summed E-state index contributed by atoms with van der Waals surface area (Å²) in [5, 5.41) is 13.4. The highest BCUT2D eigenvalue weighted by atomic mass is 32.2. The van der Waals surface area contributed by atoms with Gasteiger partial charge in [-0.1, -0.05) is 0 Å². The quantitative estimate of drug-likeness (QED) is 0.437. The van der Waals surface area contributed by atoms with Crippen LogP contribution in [0.2, 0.25) is 0 Å². The minimum absolute atomic E-state index is 0.0357. The third kappa shape index (κ3) is 2.14. The Hall–Kier alpha value is -2.62. The van der Waals surface area contributed by atoms with Crippen LogP contribution in [0.25, 0.3) is 0 Å². The van der Waals surface area contributed by atoms with Crippen LogP contribution < -0.4 is 10.2 Å². The van der Waals surface area contributed by atoms with Gasteiger partial charge < -0.3 is 4.90 Å². The fourth-order valence-corrected chi connectivity index (χ4v) is 5.24. The number of anilines is 1. The zero-order valence-corrected chi connectivity index (χ0v) is 14.7. The Balaban J connectivity index is 1.90. The molecule has 2 saturated heterocycles. The van der Waals surface area contributed by atoms with Crippen molar-refractivity contribution < 1.29 is 19.3 Å². The van der Waals surface area contributed by atoms with Gasteiger partial charge in [-0.15, -0.1) is 0 Å². The van der Waals surface area contributed by atoms with Crippen molar-refractivity contribution in [1.29, 1.82) is 0 Å². The number of benzene rings is 1. The van der Waals surface area contributed by atoms with E-state index >= 15 is 0 Å². The van der Waals surface area contributed by atoms with E-state index in [9.17, 15) is 24.5 Å². The lowest BCUT2D eigenvalue weighted by molar-refractivity contribution is -0.384. The van der Waals surface area contributed by atoms with Gasteiger partial charge in [0.2, 0.25) is 11.8 Å². The number of fused-ring (bicyclic) bond motifs is 4. The lowest BCUT2D eigenvalue weighted by Crippen LogP contribution is -2.72. The Bertz CT molecular complexity index is 859. The number of carbonyl (C=O) groups excluding carboxylic acids is 3. The molecule has 1 N–H and O–H groups in total. The minimum Gasteiger partial charge on any atom is -0.365 e. The van der Waals surface area contributed by atoms with E-state index in [0.29, 0.717) is 17.9 Å². The molecule has 1 aromatic carbocycles. The number of barbiturate groups is 1. The van der Waals surface area contributed by atoms with Crippen molar-refractivity contribution >= 4 is 41.0 Å². The number of thioether (sulfide) groups is 1. The number of hydrogen-bond acceptors (Lipinski definition) is 7. The van der Waals surface area contributed by atoms with E-state index in [1.807, 2.05) is 4.90 Å². The summed E-state index contributed by atoms with van der Waals surface area (Å²) in [5.41, 5.74) is -0.157. The molecule has 10 heteroatoms. The van der Waals surface area contributed by atoms with E-state index in [2.05, 4.69) is 5.32 Å². The highest BCUT2D eigenvalue weighted by Crippen LogP contribution is 2.47. The van der Waals surface area contributed by atoms with E-state index in [1.165, 1.54) is 19.2 Å². The van der Waals surface area contributed by atoms with Crippen LogP contribution in [0, 0.1) is 15.5 Å². The molecular weight excluding hydrogens is 360 g/mol. The summed E-state index contributed by atoms with van der Waals surface area (Å²) < 4.78 is 0. The third-order valence-corrected chi connectivity index (χ3v) is 6.39. The van der Waals surface area contributed by atoms with Crippen LogP contribution in [0.1, 0.15) is 5.56 Å². The normalized spacial score (nSPS) is 27.9. The second-order valence-corrected chi connectivity index (χ2v) is 7.78. The van der Waals surface area contributed by atoms with Crippen molar-refractivity contribution in [3.05, 3.63) is 33.9 Å². The Kier molecular flexibility index (Phi) is 3.69. The Morgan fingerprint density at radius 2 is 2.12 bits per heavy atom. The number of hydrogen-bond donors (Lipinski definition) is 1. The maximum Gasteiger partial charge on any atom is 0.330 e. The molecule has 0 unspecified atom stereocenters. The molecule has 0 aromatic heterocycles. The number of rotatable bonds is 1. The lowest BCUT2D eigenvalue weighted by atomic mass is 9.69. The van der Waals surface area contributed by atoms with E-state index < -0.39 is 34.2 Å². The SMILES string of the molecule is CN1C(=O)NC(=O)[C@]2(Cc3cc([N+](=O)[O-])ccc3N3CCSC[C@H]32)C1=O. The second kappa shape index (κ2) is 5.70. The van der Waals surface area contributed by atoms with Gasteiger partial charge in [0.25, 0.3) is 5.69 Å². The smallest absolute Gasteiger partial charge is 0.330 e. The topological polar surface area (TPSA) is 113 Å². The number of urea groups is 1. The molecule has 0 saturated carbocycles. The zero-order valence-electron chi connectivity index (χ0n) is 13.9. The fraction of sp³-hybridized carbons (Fsp3) is 0.438. The molecule has 0 bridgehead atoms. The van der Waals surface area contributed by atoms with E-state index in [1.54, 1.807) is 17.8 Å². The summed E-state index contributed by atoms with van der Waals surface area (Å²) >= 11 is 1.65. The summed E-state index contributed by atoms with van der Waals surface area (Å²) in [4.78, 5) is 51.4. The molecule has 1 spiro atoms. The molecule has 3 heterocycles. The van der Waals surface area contributed by atoms with Crippen LogP contribution in [0.15, 0.2) is 18.2 Å². The van der Waals surface area contributed by atoms with Crippen molar-refractivity contribution in [3.8, 4) is 0 Å². The molecule has 136 valence electrons. The molecular formula is C16H16N4O5S. The number of carbonyl (C=O) groups is 3. The van der Waals surface area contributed by atoms with Gasteiger partial charge in [-0.25, -0.2) is 4.79 Å². The summed E-state index contributed by atoms with van der Waals surface area (Å²) in [6, 6.07) is 3.40. The number of non-ortho nitro benzene ring substituents is 1. The molecule has 0 radical (unpaired) electrons. The molecule has 4 rings (SSSR count). The highest BCUT2D eigenvalue weighted by Gasteiger charge is 2.61. The van der Waals surface area contributed by atoms with Gasteiger partial charge in [0.05, 0.1) is 11.0 Å². The van der Waals surface area contributed by atoms with Gasteiger partial charge in [0, 0.05) is 49.3 Å². The number of amides is 4. The lowest BCUT2D eigenvalue weighted by Gasteiger charge is -2.53. The van der Waals surface area contributed by atoms with Crippen molar-refractivity contribution in [1.82, 2.24) is 10.2 Å². The molecule has 1 aromatic rings. The number of imide groups is 2. The van der Waals surface area contributed by atoms with Crippen molar-refractivity contribution in [2.24, 2.45) is 5.41 Å². The van der Waals surface area contributed by atoms with Crippen LogP contribution >= 0.6 is 11.8 Å². The van der Waals surface area contributed by atoms with Crippen LogP contribution in [0.4, 0.5) is 16.2 Å². The first kappa shape index (κ1) is 16.8. The van der Waals surface area contributed by atoms with Gasteiger partial charge in [-0.3, -0.25) is 29.9 Å². The Labute approximate surface area is 152 Å². The molecule has 2 atom stereocenters. The van der Waals surface area contributed by atoms with Gasteiger partial charge >= 0.3 is 6.03 Å². The summed E-state index contributed by atoms with van der Waals surface area (Å²) in [7, 11) is 1.34. The summed E-state index contributed by atoms with van der Waals surface area (Å²) in [5.74, 6) is 0.215. The van der Waals surface area contributed by atoms with Gasteiger partial charge in [0.15, 0.2) is 5.41 Å². The molecule has 2 fully saturated rings. The molecule has 0 aliphatic carbocycles. The standard InChI is InChI=1S/C16H16N4O5S/c1-18-14(22)16(13(21)17-15(18)23)7-9-6-10(20(24)25)2-3-11(9)19-4-5-26-8-12(16)19/h2-3,6,12H,4-5,7-8H2,1H3,(H,17,21,23)/t12-,16+/m0/s1. The summed E-state index contributed by atoms with van der Waals surface area (Å²) in [6.07, 6.45) is 0.0357. The predicted molar refractivity (Wildman–Crippen MR) is 94.0 cm³/mol. The molecule has 4 amide bonds. The van der Waals surface area contributed by atoms with Crippen LogP contribution in [-0.4, -0.2) is 58.8 Å². The first-order chi connectivity index (χ1) is 12.4. The molecule has 26 heavy (non-hydrogen) atoms. The fourth-order valence-electron chi connectivity index (χ4n) is 4.06. The predicted octanol–water partition coefficient (Wildman–Crippen LogP) is 0.767. The van der Waals surface area contributed by atoms with Gasteiger partial charge in [0.1, 0.15) is 0 Å². The average molecular weight is 376 g/mol. The first-order valence-electron chi connectivity index (χ1n) is 8.11. The minimum atomic E-state index is -1.46. The number of nitro benzene ring substituents is 1.